The van der Waals surface area contributed by atoms with Crippen LogP contribution in [0.5, 0.6) is 0 Å². The summed E-state index contributed by atoms with van der Waals surface area (Å²) >= 11 is 2.88. The van der Waals surface area contributed by atoms with Crippen molar-refractivity contribution in [1.82, 2.24) is 10.2 Å². The molecule has 0 spiro atoms. The van der Waals surface area contributed by atoms with Gasteiger partial charge in [0.25, 0.3) is 5.91 Å². The van der Waals surface area contributed by atoms with Gasteiger partial charge in [0, 0.05) is 11.5 Å². The molecular weight excluding hydrogens is 312 g/mol. The van der Waals surface area contributed by atoms with Gasteiger partial charge < -0.3 is 10.4 Å². The summed E-state index contributed by atoms with van der Waals surface area (Å²) in [4.78, 5) is 36.4. The Labute approximate surface area is 131 Å². The average Bonchev–Trinajstić information content (AvgIpc) is 2.44. The zero-order chi connectivity index (χ0) is 15.6. The Morgan fingerprint density at radius 3 is 2.95 bits per heavy atom. The van der Waals surface area contributed by atoms with Crippen molar-refractivity contribution < 1.29 is 19.5 Å². The minimum atomic E-state index is -1.10. The van der Waals surface area contributed by atoms with E-state index in [9.17, 15) is 19.5 Å². The van der Waals surface area contributed by atoms with E-state index >= 15 is 0 Å². The van der Waals surface area contributed by atoms with E-state index in [2.05, 4.69) is 11.9 Å². The normalized spacial score (nSPS) is 24.2. The number of nitrogens with one attached hydrogen (secondary N) is 1. The number of carbonyl (C=O) groups is 3. The van der Waals surface area contributed by atoms with Crippen molar-refractivity contribution in [3.05, 3.63) is 23.9 Å². The highest BCUT2D eigenvalue weighted by Gasteiger charge is 2.53. The predicted octanol–water partition coefficient (Wildman–Crippen LogP) is 0.664. The smallest absolute Gasteiger partial charge is 0.352 e. The van der Waals surface area contributed by atoms with E-state index in [0.717, 1.165) is 0 Å². The fourth-order valence-corrected chi connectivity index (χ4v) is 4.07. The van der Waals surface area contributed by atoms with Gasteiger partial charge in [-0.3, -0.25) is 14.5 Å². The lowest BCUT2D eigenvalue weighted by molar-refractivity contribution is -0.150. The Morgan fingerprint density at radius 2 is 2.33 bits per heavy atom. The van der Waals surface area contributed by atoms with Crippen LogP contribution in [0.4, 0.5) is 0 Å². The zero-order valence-corrected chi connectivity index (χ0v) is 13.1. The standard InChI is InChI=1S/C13H16N2O4S2/c1-3-4-20-6-8(16)14-9-11(17)15-10(13(18)19)7(2)5-21-12(9)15/h3,9,12H,1,4-6H2,2H3,(H,14,16)(H,18,19)/t9?,12-/m1/s1. The maximum Gasteiger partial charge on any atom is 0.352 e. The molecule has 0 radical (unpaired) electrons. The van der Waals surface area contributed by atoms with Crippen LogP contribution in [0.15, 0.2) is 23.9 Å². The van der Waals surface area contributed by atoms with Gasteiger partial charge in [0.15, 0.2) is 0 Å². The molecule has 2 aliphatic heterocycles. The molecule has 1 unspecified atom stereocenters. The van der Waals surface area contributed by atoms with Gasteiger partial charge in [-0.25, -0.2) is 4.79 Å². The van der Waals surface area contributed by atoms with Crippen molar-refractivity contribution in [3.8, 4) is 0 Å². The Balaban J connectivity index is 1.99. The zero-order valence-electron chi connectivity index (χ0n) is 11.5. The first-order valence-corrected chi connectivity index (χ1v) is 8.53. The van der Waals surface area contributed by atoms with E-state index in [1.165, 1.54) is 28.4 Å². The first-order valence-electron chi connectivity index (χ1n) is 6.33. The summed E-state index contributed by atoms with van der Waals surface area (Å²) in [6, 6.07) is -0.630. The third kappa shape index (κ3) is 3.11. The van der Waals surface area contributed by atoms with Crippen LogP contribution < -0.4 is 5.32 Å². The van der Waals surface area contributed by atoms with Gasteiger partial charge in [-0.05, 0) is 12.5 Å². The average molecular weight is 328 g/mol. The van der Waals surface area contributed by atoms with Gasteiger partial charge in [0.05, 0.1) is 5.75 Å². The lowest BCUT2D eigenvalue weighted by Gasteiger charge is -2.49. The highest BCUT2D eigenvalue weighted by atomic mass is 32.2. The molecule has 6 nitrogen and oxygen atoms in total. The van der Waals surface area contributed by atoms with Crippen molar-refractivity contribution in [3.63, 3.8) is 0 Å². The molecule has 0 aromatic carbocycles. The monoisotopic (exact) mass is 328 g/mol. The second kappa shape index (κ2) is 6.57. The molecule has 2 heterocycles. The molecular formula is C13H16N2O4S2. The van der Waals surface area contributed by atoms with Crippen molar-refractivity contribution >= 4 is 41.3 Å². The molecule has 114 valence electrons. The van der Waals surface area contributed by atoms with E-state index < -0.39 is 12.0 Å². The van der Waals surface area contributed by atoms with Crippen LogP contribution in [0, 0.1) is 0 Å². The van der Waals surface area contributed by atoms with Crippen LogP contribution in [-0.4, -0.2) is 56.5 Å². The molecule has 0 aliphatic carbocycles. The highest BCUT2D eigenvalue weighted by molar-refractivity contribution is 8.00. The molecule has 2 aliphatic rings. The number of nitrogens with zero attached hydrogens (tertiary/aromatic N) is 1. The van der Waals surface area contributed by atoms with Crippen LogP contribution in [0.3, 0.4) is 0 Å². The Bertz CT molecular complexity index is 532. The Hall–Kier alpha value is -1.41. The van der Waals surface area contributed by atoms with Gasteiger partial charge in [-0.2, -0.15) is 0 Å². The molecule has 0 saturated carbocycles. The molecule has 0 bridgehead atoms. The molecule has 0 aromatic heterocycles. The SMILES string of the molecule is C=CCSCC(=O)NC1C(=O)N2C(C(=O)O)=C(C)CS[C@H]12. The number of β-lactam (4-membered cyclic amide) rings is 1. The number of aliphatic carboxylic acids is 1. The van der Waals surface area contributed by atoms with Crippen LogP contribution in [0.25, 0.3) is 0 Å². The number of carboxylic acids is 1. The minimum absolute atomic E-state index is 0.0512. The number of rotatable bonds is 6. The van der Waals surface area contributed by atoms with Crippen LogP contribution in [-0.2, 0) is 14.4 Å². The summed E-state index contributed by atoms with van der Waals surface area (Å²) in [5, 5.41) is 11.6. The largest absolute Gasteiger partial charge is 0.477 e. The molecule has 2 atom stereocenters. The van der Waals surface area contributed by atoms with Crippen LogP contribution in [0.2, 0.25) is 0 Å². The molecule has 2 amide bonds. The summed E-state index contributed by atoms with van der Waals surface area (Å²) in [5.74, 6) is -0.199. The van der Waals surface area contributed by atoms with E-state index in [1.54, 1.807) is 13.0 Å². The van der Waals surface area contributed by atoms with E-state index in [-0.39, 0.29) is 28.6 Å². The molecule has 0 aromatic rings. The maximum absolute atomic E-state index is 12.1. The fourth-order valence-electron chi connectivity index (χ4n) is 2.23. The van der Waals surface area contributed by atoms with Gasteiger partial charge in [0.2, 0.25) is 5.91 Å². The number of hydrogen-bond acceptors (Lipinski definition) is 5. The fraction of sp³-hybridized carbons (Fsp3) is 0.462. The molecule has 8 heteroatoms. The van der Waals surface area contributed by atoms with E-state index in [0.29, 0.717) is 17.1 Å². The number of fused-ring (bicyclic) bond motifs is 1. The second-order valence-electron chi connectivity index (χ2n) is 4.69. The summed E-state index contributed by atoms with van der Waals surface area (Å²) < 4.78 is 0. The molecule has 1 fully saturated rings. The first-order chi connectivity index (χ1) is 9.97. The molecule has 21 heavy (non-hydrogen) atoms. The lowest BCUT2D eigenvalue weighted by Crippen LogP contribution is -2.70. The lowest BCUT2D eigenvalue weighted by atomic mass is 10.0. The third-order valence-corrected chi connectivity index (χ3v) is 5.51. The topological polar surface area (TPSA) is 86.7 Å². The number of carboxylic acid groups (broad SMARTS) is 1. The van der Waals surface area contributed by atoms with E-state index in [4.69, 9.17) is 0 Å². The van der Waals surface area contributed by atoms with Gasteiger partial charge >= 0.3 is 5.97 Å². The molecule has 2 N–H and O–H groups in total. The van der Waals surface area contributed by atoms with Gasteiger partial charge in [-0.1, -0.05) is 6.08 Å². The quantitative estimate of drug-likeness (QED) is 0.423. The Morgan fingerprint density at radius 1 is 1.62 bits per heavy atom. The highest BCUT2D eigenvalue weighted by Crippen LogP contribution is 2.40. The molecule has 1 saturated heterocycles. The van der Waals surface area contributed by atoms with Crippen molar-refractivity contribution in [2.75, 3.05) is 17.3 Å². The van der Waals surface area contributed by atoms with Crippen molar-refractivity contribution in [2.45, 2.75) is 18.3 Å². The summed E-state index contributed by atoms with van der Waals surface area (Å²) in [6.07, 6.45) is 1.71. The summed E-state index contributed by atoms with van der Waals surface area (Å²) in [5.41, 5.74) is 0.721. The van der Waals surface area contributed by atoms with Crippen molar-refractivity contribution in [1.29, 1.82) is 0 Å². The molecule has 2 rings (SSSR count). The van der Waals surface area contributed by atoms with Crippen LogP contribution >= 0.6 is 23.5 Å². The second-order valence-corrected chi connectivity index (χ2v) is 6.83. The van der Waals surface area contributed by atoms with Gasteiger partial charge in [-0.15, -0.1) is 30.1 Å². The number of hydrogen-bond donors (Lipinski definition) is 2. The Kier molecular flexibility index (Phi) is 5.00. The number of amides is 2. The van der Waals surface area contributed by atoms with E-state index in [1.807, 2.05) is 0 Å². The predicted molar refractivity (Wildman–Crippen MR) is 82.9 cm³/mol. The first kappa shape index (κ1) is 16.0. The number of carbonyl (C=O) groups excluding carboxylic acids is 2. The summed E-state index contributed by atoms with van der Waals surface area (Å²) in [7, 11) is 0. The van der Waals surface area contributed by atoms with Crippen LogP contribution in [0.1, 0.15) is 6.92 Å². The number of thioether (sulfide) groups is 2. The summed E-state index contributed by atoms with van der Waals surface area (Å²) in [6.45, 7) is 5.27. The minimum Gasteiger partial charge on any atom is -0.477 e. The van der Waals surface area contributed by atoms with Crippen molar-refractivity contribution in [2.24, 2.45) is 0 Å². The maximum atomic E-state index is 12.1. The third-order valence-electron chi connectivity index (χ3n) is 3.15. The van der Waals surface area contributed by atoms with Gasteiger partial charge in [0.1, 0.15) is 17.1 Å².